The first kappa shape index (κ1) is 19.5. The molecule has 0 aromatic rings. The summed E-state index contributed by atoms with van der Waals surface area (Å²) < 4.78 is 34.6. The summed E-state index contributed by atoms with van der Waals surface area (Å²) in [7, 11) is -8.67. The maximum absolute atomic E-state index is 10.8. The summed E-state index contributed by atoms with van der Waals surface area (Å²) in [5.74, 6) is 0. The Morgan fingerprint density at radius 1 is 0.714 bits per heavy atom. The number of rotatable bonds is 5. The Kier molecular flexibility index (Phi) is 6.46. The van der Waals surface area contributed by atoms with Gasteiger partial charge in [0.05, 0.1) is 0 Å². The molecule has 0 spiro atoms. The largest absolute Gasteiger partial charge is 0.470 e. The highest BCUT2D eigenvalue weighted by Gasteiger charge is 2.54. The van der Waals surface area contributed by atoms with E-state index in [-0.39, 0.29) is 0 Å². The SMILES string of the molecule is O=P(O)(O)O[C@@H]1[C@H](O)[C@H](O)[C@@H](OP)[C@H](OP(=O)(O)O)[C@H]1O. The van der Waals surface area contributed by atoms with Crippen LogP contribution in [0.4, 0.5) is 0 Å². The Bertz CT molecular complexity index is 444. The Morgan fingerprint density at radius 3 is 1.48 bits per heavy atom. The lowest BCUT2D eigenvalue weighted by atomic mass is 9.85. The molecule has 15 heteroatoms. The summed E-state index contributed by atoms with van der Waals surface area (Å²) in [4.78, 5) is 34.9. The maximum atomic E-state index is 10.8. The highest BCUT2D eigenvalue weighted by molar-refractivity contribution is 7.46. The smallest absolute Gasteiger partial charge is 0.387 e. The third-order valence-electron chi connectivity index (χ3n) is 2.70. The van der Waals surface area contributed by atoms with Crippen LogP contribution >= 0.6 is 25.1 Å². The van der Waals surface area contributed by atoms with E-state index in [0.29, 0.717) is 0 Å². The van der Waals surface area contributed by atoms with Crippen molar-refractivity contribution in [3.8, 4) is 0 Å². The molecule has 1 unspecified atom stereocenters. The molecule has 7 atom stereocenters. The van der Waals surface area contributed by atoms with E-state index in [9.17, 15) is 24.4 Å². The fourth-order valence-electron chi connectivity index (χ4n) is 1.89. The van der Waals surface area contributed by atoms with Gasteiger partial charge < -0.3 is 39.4 Å². The average molecular weight is 372 g/mol. The lowest BCUT2D eigenvalue weighted by Gasteiger charge is -2.44. The maximum Gasteiger partial charge on any atom is 0.470 e. The second-order valence-electron chi connectivity index (χ2n) is 4.19. The van der Waals surface area contributed by atoms with Gasteiger partial charge in [-0.1, -0.05) is 0 Å². The van der Waals surface area contributed by atoms with Gasteiger partial charge in [0.1, 0.15) is 36.6 Å². The van der Waals surface area contributed by atoms with E-state index >= 15 is 0 Å². The molecule has 1 rings (SSSR count). The van der Waals surface area contributed by atoms with Crippen molar-refractivity contribution < 1.29 is 57.6 Å². The second-order valence-corrected chi connectivity index (χ2v) is 6.85. The minimum Gasteiger partial charge on any atom is -0.387 e. The van der Waals surface area contributed by atoms with Gasteiger partial charge in [-0.2, -0.15) is 0 Å². The third kappa shape index (κ3) is 5.26. The minimum atomic E-state index is -5.17. The number of phosphoric ester groups is 2. The van der Waals surface area contributed by atoms with Gasteiger partial charge in [0.2, 0.25) is 0 Å². The second kappa shape index (κ2) is 6.94. The van der Waals surface area contributed by atoms with E-state index in [4.69, 9.17) is 19.6 Å². The van der Waals surface area contributed by atoms with Crippen molar-refractivity contribution in [2.75, 3.05) is 0 Å². The molecule has 0 saturated heterocycles. The predicted molar refractivity (Wildman–Crippen MR) is 66.4 cm³/mol. The lowest BCUT2D eigenvalue weighted by Crippen LogP contribution is -2.64. The fraction of sp³-hybridized carbons (Fsp3) is 1.00. The highest BCUT2D eigenvalue weighted by Crippen LogP contribution is 2.46. The predicted octanol–water partition coefficient (Wildman–Crippen LogP) is -2.79. The van der Waals surface area contributed by atoms with Gasteiger partial charge in [0.15, 0.2) is 0 Å². The molecule has 0 amide bonds. The Balaban J connectivity index is 3.09. The fourth-order valence-corrected chi connectivity index (χ4v) is 3.33. The number of aliphatic hydroxyl groups excluding tert-OH is 3. The quantitative estimate of drug-likeness (QED) is 0.245. The van der Waals surface area contributed by atoms with Gasteiger partial charge >= 0.3 is 15.6 Å². The summed E-state index contributed by atoms with van der Waals surface area (Å²) in [6, 6.07) is 0. The monoisotopic (exact) mass is 372 g/mol. The van der Waals surface area contributed by atoms with Gasteiger partial charge in [-0.15, -0.1) is 0 Å². The lowest BCUT2D eigenvalue weighted by molar-refractivity contribution is -0.207. The van der Waals surface area contributed by atoms with Crippen LogP contribution in [0.1, 0.15) is 0 Å². The van der Waals surface area contributed by atoms with Gasteiger partial charge in [-0.05, 0) is 0 Å². The van der Waals surface area contributed by atoms with Crippen LogP contribution < -0.4 is 0 Å². The van der Waals surface area contributed by atoms with E-state index in [2.05, 4.69) is 13.6 Å². The summed E-state index contributed by atoms with van der Waals surface area (Å²) in [5, 5.41) is 29.2. The molecule has 0 radical (unpaired) electrons. The first-order valence-electron chi connectivity index (χ1n) is 5.25. The molecule has 0 aliphatic heterocycles. The van der Waals surface area contributed by atoms with E-state index in [1.165, 1.54) is 0 Å². The molecule has 1 aliphatic carbocycles. The van der Waals surface area contributed by atoms with Gasteiger partial charge in [-0.3, -0.25) is 9.05 Å². The van der Waals surface area contributed by atoms with Crippen LogP contribution in [0.2, 0.25) is 0 Å². The van der Waals surface area contributed by atoms with Crippen molar-refractivity contribution in [3.63, 3.8) is 0 Å². The van der Waals surface area contributed by atoms with Crippen LogP contribution in [0.15, 0.2) is 0 Å². The van der Waals surface area contributed by atoms with E-state index < -0.39 is 52.3 Å². The zero-order valence-electron chi connectivity index (χ0n) is 10.1. The summed E-state index contributed by atoms with van der Waals surface area (Å²) in [6.45, 7) is 0. The van der Waals surface area contributed by atoms with Crippen molar-refractivity contribution in [1.29, 1.82) is 0 Å². The molecule has 12 nitrogen and oxygen atoms in total. The van der Waals surface area contributed by atoms with E-state index in [0.717, 1.165) is 0 Å². The highest BCUT2D eigenvalue weighted by atomic mass is 31.2. The third-order valence-corrected chi connectivity index (χ3v) is 4.05. The van der Waals surface area contributed by atoms with Gasteiger partial charge in [0.25, 0.3) is 0 Å². The summed E-state index contributed by atoms with van der Waals surface area (Å²) >= 11 is 0. The normalized spacial score (nSPS) is 38.5. The molecule has 0 aromatic heterocycles. The van der Waals surface area contributed by atoms with Crippen LogP contribution in [-0.4, -0.2) is 71.5 Å². The van der Waals surface area contributed by atoms with Crippen molar-refractivity contribution in [1.82, 2.24) is 0 Å². The van der Waals surface area contributed by atoms with Gasteiger partial charge in [-0.25, -0.2) is 9.13 Å². The van der Waals surface area contributed by atoms with Crippen molar-refractivity contribution in [2.24, 2.45) is 0 Å². The molecule has 0 aromatic carbocycles. The topological polar surface area (TPSA) is 203 Å². The molecule has 21 heavy (non-hydrogen) atoms. The van der Waals surface area contributed by atoms with Crippen LogP contribution in [-0.2, 0) is 22.7 Å². The summed E-state index contributed by atoms with van der Waals surface area (Å²) in [6.07, 6.45) is -11.6. The number of aliphatic hydroxyl groups is 3. The molecule has 0 heterocycles. The van der Waals surface area contributed by atoms with Crippen LogP contribution in [0.3, 0.4) is 0 Å². The Hall–Kier alpha value is 0.490. The zero-order chi connectivity index (χ0) is 16.6. The number of phosphoric acid groups is 2. The summed E-state index contributed by atoms with van der Waals surface area (Å²) in [5.41, 5.74) is 0. The van der Waals surface area contributed by atoms with E-state index in [1.807, 2.05) is 0 Å². The molecular formula is C6H15O12P3. The van der Waals surface area contributed by atoms with E-state index in [1.54, 1.807) is 9.47 Å². The molecule has 7 N–H and O–H groups in total. The van der Waals surface area contributed by atoms with Crippen LogP contribution in [0, 0.1) is 0 Å². The number of hydrogen-bond donors (Lipinski definition) is 7. The standard InChI is InChI=1S/C6H15O12P3/c7-1-2(8)5(16-19)6(18-21(13,14)15)3(9)4(1)17-20(10,11)12/h1-9H,19H2,(H2,10,11,12)(H2,13,14,15)/t1-,2+,3+,4-,5-,6-/m1/s1. The van der Waals surface area contributed by atoms with Gasteiger partial charge in [0, 0.05) is 9.47 Å². The molecule has 1 aliphatic rings. The Morgan fingerprint density at radius 2 is 1.10 bits per heavy atom. The number of hydrogen-bond acceptors (Lipinski definition) is 8. The van der Waals surface area contributed by atoms with Crippen LogP contribution in [0.5, 0.6) is 0 Å². The molecule has 126 valence electrons. The first-order chi connectivity index (χ1) is 9.37. The first-order valence-corrected chi connectivity index (χ1v) is 8.78. The van der Waals surface area contributed by atoms with Crippen molar-refractivity contribution in [2.45, 2.75) is 36.6 Å². The zero-order valence-corrected chi connectivity index (χ0v) is 13.1. The minimum absolute atomic E-state index is 1.61. The van der Waals surface area contributed by atoms with Crippen molar-refractivity contribution >= 4 is 25.1 Å². The van der Waals surface area contributed by atoms with Crippen molar-refractivity contribution in [3.05, 3.63) is 0 Å². The molecule has 1 saturated carbocycles. The Labute approximate surface area is 120 Å². The molecular weight excluding hydrogens is 357 g/mol. The molecule has 0 bridgehead atoms. The van der Waals surface area contributed by atoms with Crippen LogP contribution in [0.25, 0.3) is 0 Å². The molecule has 1 fully saturated rings. The average Bonchev–Trinajstić information content (AvgIpc) is 2.29.